The van der Waals surface area contributed by atoms with Gasteiger partial charge in [0.2, 0.25) is 5.91 Å². The van der Waals surface area contributed by atoms with E-state index in [1.54, 1.807) is 41.3 Å². The number of hydrogen-bond donors (Lipinski definition) is 4. The SMILES string of the molecule is CC(C)c1c(C(=O)Nc2ccccc2)c(-c2ccccc2)c(-c2ccc(F)cc2)n1CC[C@@H](O)C[C@@H](O)CC(=O)OCCSSCCOC(=O)O[C@@H](CC[C@H]1C(=O)N(c2ccc(F)cc2)C1c1ccc(O)cc1)c1ccc(F)cc1. The second kappa shape index (κ2) is 28.1. The number of anilines is 2. The van der Waals surface area contributed by atoms with E-state index < -0.39 is 59.8 Å². The Bertz CT molecular complexity index is 3170. The van der Waals surface area contributed by atoms with Crippen LogP contribution in [0.2, 0.25) is 0 Å². The van der Waals surface area contributed by atoms with Crippen LogP contribution in [0.15, 0.2) is 158 Å². The molecule has 1 aliphatic rings. The van der Waals surface area contributed by atoms with Gasteiger partial charge in [-0.1, -0.05) is 108 Å². The van der Waals surface area contributed by atoms with Gasteiger partial charge in [0.1, 0.15) is 42.5 Å². The van der Waals surface area contributed by atoms with Crippen LogP contribution in [0.5, 0.6) is 5.75 Å². The molecule has 1 unspecified atom stereocenters. The summed E-state index contributed by atoms with van der Waals surface area (Å²) in [4.78, 5) is 55.4. The van der Waals surface area contributed by atoms with Crippen molar-refractivity contribution in [2.24, 2.45) is 5.92 Å². The van der Waals surface area contributed by atoms with E-state index in [9.17, 15) is 47.7 Å². The van der Waals surface area contributed by atoms with Gasteiger partial charge in [0, 0.05) is 40.7 Å². The van der Waals surface area contributed by atoms with Crippen LogP contribution >= 0.6 is 21.6 Å². The number of rotatable bonds is 26. The molecular weight excluding hydrogens is 1070 g/mol. The number of hydrogen-bond acceptors (Lipinski definition) is 12. The van der Waals surface area contributed by atoms with E-state index in [4.69, 9.17) is 14.2 Å². The highest BCUT2D eigenvalue weighted by Crippen LogP contribution is 2.47. The number of aliphatic hydroxyl groups is 2. The Morgan fingerprint density at radius 1 is 0.688 bits per heavy atom. The summed E-state index contributed by atoms with van der Waals surface area (Å²) in [6.45, 7) is 4.20. The number of β-lactam (4-membered cyclic amide) rings is 1. The number of esters is 1. The lowest BCUT2D eigenvalue weighted by Gasteiger charge is -2.48. The average molecular weight is 1130 g/mol. The summed E-state index contributed by atoms with van der Waals surface area (Å²) in [6.07, 6.45) is -3.97. The molecule has 0 aliphatic carbocycles. The molecule has 6 aromatic carbocycles. The number of phenolic OH excluding ortho intramolecular Hbond substituents is 1. The molecule has 2 amide bonds. The van der Waals surface area contributed by atoms with E-state index in [0.29, 0.717) is 56.5 Å². The van der Waals surface area contributed by atoms with Crippen LogP contribution in [0.1, 0.15) is 91.2 Å². The molecule has 13 nitrogen and oxygen atoms in total. The van der Waals surface area contributed by atoms with Gasteiger partial charge >= 0.3 is 12.1 Å². The zero-order valence-electron chi connectivity index (χ0n) is 44.1. The highest BCUT2D eigenvalue weighted by atomic mass is 33.1. The number of carbonyl (C=O) groups is 4. The number of carbonyl (C=O) groups excluding carboxylic acids is 4. The lowest BCUT2D eigenvalue weighted by atomic mass is 9.78. The quantitative estimate of drug-likeness (QED) is 0.0175. The van der Waals surface area contributed by atoms with E-state index in [1.807, 2.05) is 66.9 Å². The van der Waals surface area contributed by atoms with E-state index in [0.717, 1.165) is 11.1 Å². The van der Waals surface area contributed by atoms with E-state index in [1.165, 1.54) is 94.4 Å². The molecule has 7 aromatic rings. The minimum absolute atomic E-state index is 0.0206. The number of nitrogens with zero attached hydrogens (tertiary/aromatic N) is 2. The van der Waals surface area contributed by atoms with Gasteiger partial charge in [-0.25, -0.2) is 18.0 Å². The maximum absolute atomic E-state index is 14.4. The maximum atomic E-state index is 14.4. The van der Waals surface area contributed by atoms with Crippen molar-refractivity contribution in [3.8, 4) is 28.1 Å². The molecule has 5 atom stereocenters. The monoisotopic (exact) mass is 1130 g/mol. The second-order valence-corrected chi connectivity index (χ2v) is 22.2. The second-order valence-electron chi connectivity index (χ2n) is 19.5. The van der Waals surface area contributed by atoms with Gasteiger partial charge in [0.25, 0.3) is 5.91 Å². The largest absolute Gasteiger partial charge is 0.508 e. The number of amides is 2. The first-order valence-electron chi connectivity index (χ1n) is 26.3. The first kappa shape index (κ1) is 58.6. The molecule has 0 radical (unpaired) electrons. The number of nitrogens with one attached hydrogen (secondary N) is 1. The lowest BCUT2D eigenvalue weighted by molar-refractivity contribution is -0.145. The number of ether oxygens (including phenoxy) is 3. The Kier molecular flexibility index (Phi) is 20.6. The van der Waals surface area contributed by atoms with Crippen molar-refractivity contribution in [1.82, 2.24) is 4.57 Å². The Morgan fingerprint density at radius 3 is 1.90 bits per heavy atom. The lowest BCUT2D eigenvalue weighted by Crippen LogP contribution is -2.55. The fraction of sp³-hybridized carbons (Fsp3) is 0.290. The summed E-state index contributed by atoms with van der Waals surface area (Å²) in [5.74, 6) is -2.46. The topological polar surface area (TPSA) is 177 Å². The van der Waals surface area contributed by atoms with Crippen molar-refractivity contribution < 1.29 is 61.9 Å². The Labute approximate surface area is 470 Å². The molecule has 0 bridgehead atoms. The summed E-state index contributed by atoms with van der Waals surface area (Å²) >= 11 is 0. The predicted octanol–water partition coefficient (Wildman–Crippen LogP) is 13.2. The number of para-hydroxylation sites is 1. The fourth-order valence-corrected chi connectivity index (χ4v) is 11.6. The van der Waals surface area contributed by atoms with Gasteiger partial charge in [0.15, 0.2) is 0 Å². The van der Waals surface area contributed by atoms with Crippen LogP contribution in [-0.4, -0.2) is 80.8 Å². The van der Waals surface area contributed by atoms with Crippen molar-refractivity contribution in [2.45, 2.75) is 82.8 Å². The standard InChI is InChI=1S/C62H62F3N3O10S2/c1-39(2)57-56(60(73)66-47-11-7-4-8-12-47)55(41-9-5-3-6-10-41)59(43-15-21-45(64)22-16-43)67(57)32-31-50(70)37-51(71)38-54(72)76-33-35-79-80-36-34-77-62(75)78-53(40-13-19-44(63)20-14-40)30-29-52-58(42-17-27-49(69)28-18-42)68(61(52)74)48-25-23-46(65)24-26-48/h3-28,39,50-53,58,69-71H,29-38H2,1-2H3,(H,66,73)/t50-,51-,52-,53+,58?/m1/s1. The number of halogens is 3. The number of aromatic hydroxyl groups is 1. The van der Waals surface area contributed by atoms with Crippen LogP contribution < -0.4 is 10.2 Å². The van der Waals surface area contributed by atoms with Gasteiger partial charge in [-0.05, 0) is 139 Å². The van der Waals surface area contributed by atoms with Crippen LogP contribution in [0.25, 0.3) is 22.4 Å². The minimum Gasteiger partial charge on any atom is -0.508 e. The molecule has 1 aromatic heterocycles. The van der Waals surface area contributed by atoms with Crippen molar-refractivity contribution >= 4 is 56.9 Å². The molecule has 1 fully saturated rings. The Morgan fingerprint density at radius 2 is 1.27 bits per heavy atom. The molecule has 8 rings (SSSR count). The minimum atomic E-state index is -1.21. The number of aliphatic hydroxyl groups excluding tert-OH is 2. The molecule has 418 valence electrons. The highest BCUT2D eigenvalue weighted by Gasteiger charge is 2.48. The smallest absolute Gasteiger partial charge is 0.508 e. The molecule has 1 saturated heterocycles. The summed E-state index contributed by atoms with van der Waals surface area (Å²) in [5, 5.41) is 35.2. The highest BCUT2D eigenvalue weighted by molar-refractivity contribution is 8.76. The molecule has 1 aliphatic heterocycles. The van der Waals surface area contributed by atoms with Gasteiger partial charge in [0.05, 0.1) is 41.8 Å². The van der Waals surface area contributed by atoms with Gasteiger partial charge in [-0.15, -0.1) is 0 Å². The fourth-order valence-electron chi connectivity index (χ4n) is 9.94. The normalized spacial score (nSPS) is 15.2. The van der Waals surface area contributed by atoms with E-state index in [-0.39, 0.29) is 75.3 Å². The van der Waals surface area contributed by atoms with Crippen molar-refractivity contribution in [1.29, 1.82) is 0 Å². The Balaban J connectivity index is 0.791. The van der Waals surface area contributed by atoms with Crippen LogP contribution in [0.4, 0.5) is 29.3 Å². The molecular formula is C62H62F3N3O10S2. The Hall–Kier alpha value is -7.51. The summed E-state index contributed by atoms with van der Waals surface area (Å²) in [6, 6.07) is 41.7. The van der Waals surface area contributed by atoms with Crippen LogP contribution in [-0.2, 0) is 30.3 Å². The summed E-state index contributed by atoms with van der Waals surface area (Å²) in [7, 11) is 2.74. The number of aromatic nitrogens is 1. The number of benzene rings is 6. The number of phenols is 1. The van der Waals surface area contributed by atoms with E-state index >= 15 is 0 Å². The first-order chi connectivity index (χ1) is 38.6. The molecule has 4 N–H and O–H groups in total. The van der Waals surface area contributed by atoms with E-state index in [2.05, 4.69) is 5.32 Å². The first-order valence-corrected chi connectivity index (χ1v) is 28.8. The van der Waals surface area contributed by atoms with Gasteiger partial charge in [-0.3, -0.25) is 14.4 Å². The third-order valence-electron chi connectivity index (χ3n) is 13.6. The molecule has 2 heterocycles. The molecule has 18 heteroatoms. The average Bonchev–Trinajstić information content (AvgIpc) is 4.02. The molecule has 80 heavy (non-hydrogen) atoms. The van der Waals surface area contributed by atoms with Gasteiger partial charge < -0.3 is 44.3 Å². The molecule has 0 saturated carbocycles. The van der Waals surface area contributed by atoms with Crippen molar-refractivity contribution in [2.75, 3.05) is 34.9 Å². The summed E-state index contributed by atoms with van der Waals surface area (Å²) < 4.78 is 60.6. The maximum Gasteiger partial charge on any atom is 0.508 e. The van der Waals surface area contributed by atoms with Crippen LogP contribution in [0.3, 0.4) is 0 Å². The third kappa shape index (κ3) is 15.2. The van der Waals surface area contributed by atoms with Crippen molar-refractivity contribution in [3.05, 3.63) is 198 Å². The summed E-state index contributed by atoms with van der Waals surface area (Å²) in [5.41, 5.74) is 6.30. The van der Waals surface area contributed by atoms with Crippen LogP contribution in [0, 0.1) is 23.4 Å². The zero-order chi connectivity index (χ0) is 56.7. The van der Waals surface area contributed by atoms with Gasteiger partial charge in [-0.2, -0.15) is 0 Å². The van der Waals surface area contributed by atoms with Crippen molar-refractivity contribution in [3.63, 3.8) is 0 Å². The molecule has 0 spiro atoms. The predicted molar refractivity (Wildman–Crippen MR) is 305 cm³/mol. The zero-order valence-corrected chi connectivity index (χ0v) is 45.7. The third-order valence-corrected chi connectivity index (χ3v) is 15.9.